The molecule has 6 nitrogen and oxygen atoms in total. The quantitative estimate of drug-likeness (QED) is 0.776. The second kappa shape index (κ2) is 5.06. The summed E-state index contributed by atoms with van der Waals surface area (Å²) in [6.45, 7) is 1.68. The lowest BCUT2D eigenvalue weighted by Crippen LogP contribution is -2.10. The van der Waals surface area contributed by atoms with Gasteiger partial charge in [0.25, 0.3) is 5.56 Å². The van der Waals surface area contributed by atoms with E-state index in [0.717, 1.165) is 0 Å². The number of nitrogens with one attached hydrogen (secondary N) is 1. The molecule has 2 heterocycles. The average molecular weight is 278 g/mol. The minimum absolute atomic E-state index is 0.144. The maximum absolute atomic E-state index is 11.9. The minimum Gasteiger partial charge on any atom is -0.438 e. The topological polar surface area (TPSA) is 91.7 Å². The van der Waals surface area contributed by atoms with Crippen molar-refractivity contribution in [1.82, 2.24) is 15.0 Å². The molecule has 1 N–H and O–H groups in total. The number of nitrogens with zero attached hydrogens (tertiary/aromatic N) is 3. The van der Waals surface area contributed by atoms with Crippen molar-refractivity contribution >= 4 is 10.9 Å². The number of H-pyrrole nitrogens is 1. The van der Waals surface area contributed by atoms with Crippen molar-refractivity contribution in [3.8, 4) is 17.7 Å². The molecule has 21 heavy (non-hydrogen) atoms. The lowest BCUT2D eigenvalue weighted by molar-refractivity contribution is 0.461. The fourth-order valence-electron chi connectivity index (χ4n) is 2.07. The second-order valence-electron chi connectivity index (χ2n) is 4.36. The molecular formula is C15H10N4O2. The first-order chi connectivity index (χ1) is 10.2. The highest BCUT2D eigenvalue weighted by molar-refractivity contribution is 5.86. The fraction of sp³-hybridized carbons (Fsp3) is 0.0667. The third kappa shape index (κ3) is 2.21. The molecule has 1 aromatic carbocycles. The van der Waals surface area contributed by atoms with Gasteiger partial charge in [-0.2, -0.15) is 5.26 Å². The van der Waals surface area contributed by atoms with Crippen LogP contribution in [-0.2, 0) is 0 Å². The number of nitriles is 1. The second-order valence-corrected chi connectivity index (χ2v) is 4.36. The van der Waals surface area contributed by atoms with Crippen LogP contribution in [0.25, 0.3) is 10.9 Å². The number of hydrogen-bond donors (Lipinski definition) is 1. The van der Waals surface area contributed by atoms with Crippen molar-refractivity contribution in [2.75, 3.05) is 0 Å². The molecule has 0 unspecified atom stereocenters. The van der Waals surface area contributed by atoms with Gasteiger partial charge in [0, 0.05) is 0 Å². The van der Waals surface area contributed by atoms with Crippen LogP contribution in [0.2, 0.25) is 0 Å². The van der Waals surface area contributed by atoms with Crippen molar-refractivity contribution < 1.29 is 4.74 Å². The number of rotatable bonds is 2. The average Bonchev–Trinajstić information content (AvgIpc) is 2.48. The Hall–Kier alpha value is -3.20. The van der Waals surface area contributed by atoms with Crippen LogP contribution in [0.4, 0.5) is 0 Å². The third-order valence-corrected chi connectivity index (χ3v) is 3.00. The summed E-state index contributed by atoms with van der Waals surface area (Å²) in [5.74, 6) is 0.705. The number of ether oxygens (including phenoxy) is 1. The fourth-order valence-corrected chi connectivity index (χ4v) is 2.07. The lowest BCUT2D eigenvalue weighted by Gasteiger charge is -2.09. The van der Waals surface area contributed by atoms with Gasteiger partial charge in [0.1, 0.15) is 22.9 Å². The maximum Gasteiger partial charge on any atom is 0.260 e. The van der Waals surface area contributed by atoms with Crippen LogP contribution in [0.1, 0.15) is 11.3 Å². The van der Waals surface area contributed by atoms with Crippen LogP contribution >= 0.6 is 0 Å². The summed E-state index contributed by atoms with van der Waals surface area (Å²) in [5, 5.41) is 9.65. The summed E-state index contributed by atoms with van der Waals surface area (Å²) in [4.78, 5) is 22.6. The number of aromatic nitrogens is 3. The van der Waals surface area contributed by atoms with Crippen LogP contribution in [0.5, 0.6) is 11.6 Å². The number of hydrogen-bond acceptors (Lipinski definition) is 5. The number of benzene rings is 1. The van der Waals surface area contributed by atoms with Gasteiger partial charge < -0.3 is 9.72 Å². The van der Waals surface area contributed by atoms with E-state index in [1.165, 1.54) is 6.33 Å². The van der Waals surface area contributed by atoms with E-state index in [2.05, 4.69) is 15.0 Å². The SMILES string of the molecule is Cc1nc(Oc2ccccc2)c(C#N)c2nc[nH]c(=O)c12. The number of para-hydroxylation sites is 1. The Bertz CT molecular complexity index is 911. The molecule has 0 saturated carbocycles. The van der Waals surface area contributed by atoms with Crippen LogP contribution in [0, 0.1) is 18.3 Å². The summed E-state index contributed by atoms with van der Waals surface area (Å²) >= 11 is 0. The zero-order valence-corrected chi connectivity index (χ0v) is 11.1. The number of fused-ring (bicyclic) bond motifs is 1. The Morgan fingerprint density at radius 3 is 2.76 bits per heavy atom. The number of aryl methyl sites for hydroxylation is 1. The first kappa shape index (κ1) is 12.8. The zero-order valence-electron chi connectivity index (χ0n) is 11.1. The smallest absolute Gasteiger partial charge is 0.260 e. The molecule has 0 atom stereocenters. The van der Waals surface area contributed by atoms with Gasteiger partial charge in [-0.05, 0) is 19.1 Å². The molecule has 0 radical (unpaired) electrons. The first-order valence-corrected chi connectivity index (χ1v) is 6.21. The third-order valence-electron chi connectivity index (χ3n) is 3.00. The first-order valence-electron chi connectivity index (χ1n) is 6.21. The van der Waals surface area contributed by atoms with Crippen molar-refractivity contribution in [2.45, 2.75) is 6.92 Å². The van der Waals surface area contributed by atoms with E-state index in [-0.39, 0.29) is 17.0 Å². The molecule has 6 heteroatoms. The van der Waals surface area contributed by atoms with E-state index in [9.17, 15) is 10.1 Å². The van der Waals surface area contributed by atoms with E-state index in [0.29, 0.717) is 22.3 Å². The van der Waals surface area contributed by atoms with Gasteiger partial charge in [-0.3, -0.25) is 4.79 Å². The van der Waals surface area contributed by atoms with Crippen molar-refractivity contribution in [3.05, 3.63) is 58.3 Å². The highest BCUT2D eigenvalue weighted by atomic mass is 16.5. The zero-order chi connectivity index (χ0) is 14.8. The molecule has 2 aromatic heterocycles. The Balaban J connectivity index is 2.25. The number of pyridine rings is 1. The molecule has 3 aromatic rings. The van der Waals surface area contributed by atoms with Gasteiger partial charge in [-0.25, -0.2) is 9.97 Å². The van der Waals surface area contributed by atoms with E-state index in [1.54, 1.807) is 19.1 Å². The van der Waals surface area contributed by atoms with Gasteiger partial charge in [-0.1, -0.05) is 18.2 Å². The summed E-state index contributed by atoms with van der Waals surface area (Å²) in [5.41, 5.74) is 0.572. The predicted molar refractivity (Wildman–Crippen MR) is 76.1 cm³/mol. The molecule has 0 amide bonds. The maximum atomic E-state index is 11.9. The molecule has 0 spiro atoms. The van der Waals surface area contributed by atoms with Crippen LogP contribution in [0.15, 0.2) is 41.5 Å². The van der Waals surface area contributed by atoms with Crippen molar-refractivity contribution in [1.29, 1.82) is 5.26 Å². The predicted octanol–water partition coefficient (Wildman–Crippen LogP) is 2.29. The highest BCUT2D eigenvalue weighted by Crippen LogP contribution is 2.27. The molecular weight excluding hydrogens is 268 g/mol. The molecule has 102 valence electrons. The monoisotopic (exact) mass is 278 g/mol. The molecule has 3 rings (SSSR count). The largest absolute Gasteiger partial charge is 0.438 e. The van der Waals surface area contributed by atoms with Gasteiger partial charge in [0.05, 0.1) is 17.4 Å². The standard InChI is InChI=1S/C15H10N4O2/c1-9-12-13(17-8-18-14(12)20)11(7-16)15(19-9)21-10-5-3-2-4-6-10/h2-6,8H,1H3,(H,17,18,20). The highest BCUT2D eigenvalue weighted by Gasteiger charge is 2.17. The normalized spacial score (nSPS) is 10.3. The molecule has 0 aliphatic rings. The molecule has 0 aliphatic carbocycles. The Morgan fingerprint density at radius 1 is 1.29 bits per heavy atom. The van der Waals surface area contributed by atoms with E-state index in [1.807, 2.05) is 24.3 Å². The minimum atomic E-state index is -0.326. The van der Waals surface area contributed by atoms with Crippen molar-refractivity contribution in [2.24, 2.45) is 0 Å². The van der Waals surface area contributed by atoms with Crippen LogP contribution in [-0.4, -0.2) is 15.0 Å². The summed E-state index contributed by atoms with van der Waals surface area (Å²) in [7, 11) is 0. The molecule has 0 bridgehead atoms. The van der Waals surface area contributed by atoms with Gasteiger partial charge in [0.15, 0.2) is 0 Å². The molecule has 0 saturated heterocycles. The summed E-state index contributed by atoms with van der Waals surface area (Å²) < 4.78 is 5.64. The van der Waals surface area contributed by atoms with E-state index in [4.69, 9.17) is 4.74 Å². The Kier molecular flexibility index (Phi) is 3.09. The summed E-state index contributed by atoms with van der Waals surface area (Å²) in [6, 6.07) is 11.0. The summed E-state index contributed by atoms with van der Waals surface area (Å²) in [6.07, 6.45) is 1.26. The van der Waals surface area contributed by atoms with E-state index >= 15 is 0 Å². The Morgan fingerprint density at radius 2 is 2.05 bits per heavy atom. The molecule has 0 aliphatic heterocycles. The van der Waals surface area contributed by atoms with Crippen LogP contribution in [0.3, 0.4) is 0 Å². The lowest BCUT2D eigenvalue weighted by atomic mass is 10.1. The van der Waals surface area contributed by atoms with Gasteiger partial charge in [0.2, 0.25) is 5.88 Å². The van der Waals surface area contributed by atoms with Gasteiger partial charge in [-0.15, -0.1) is 0 Å². The molecule has 0 fully saturated rings. The van der Waals surface area contributed by atoms with Gasteiger partial charge >= 0.3 is 0 Å². The van der Waals surface area contributed by atoms with Crippen LogP contribution < -0.4 is 10.3 Å². The number of aromatic amines is 1. The Labute approximate surface area is 119 Å². The van der Waals surface area contributed by atoms with Crippen molar-refractivity contribution in [3.63, 3.8) is 0 Å². The van der Waals surface area contributed by atoms with E-state index < -0.39 is 0 Å².